The summed E-state index contributed by atoms with van der Waals surface area (Å²) in [5.41, 5.74) is 0. The summed E-state index contributed by atoms with van der Waals surface area (Å²) in [4.78, 5) is 49.8. The minimum Gasteiger partial charge on any atom is -0.894 e. The molecule has 68 valence electrons. The van der Waals surface area contributed by atoms with Gasteiger partial charge in [-0.2, -0.15) is 0 Å². The van der Waals surface area contributed by atoms with Crippen LogP contribution in [0.4, 0.5) is 0 Å². The summed E-state index contributed by atoms with van der Waals surface area (Å²) in [5, 5.41) is 0. The molecule has 11 heavy (non-hydrogen) atoms. The molecule has 0 aromatic carbocycles. The topological polar surface area (TPSA) is 126 Å². The standard InChI is InChI=1S/2CHO.O4Si.2Tb/c2*1-2;1-5(2,3)4;;/h2*1H;;;/q2*-1;-4;2*+3. The Labute approximate surface area is 126 Å². The quantitative estimate of drug-likeness (QED) is 0.198. The second kappa shape index (κ2) is 22.7. The maximum Gasteiger partial charge on any atom is 3.00 e. The Balaban J connectivity index is -0.0000000178. The zero-order valence-electron chi connectivity index (χ0n) is 4.77. The fraction of sp³-hybridized carbons (Fsp3) is 0. The first-order chi connectivity index (χ1) is 4.00. The molecule has 9 heteroatoms. The van der Waals surface area contributed by atoms with Crippen LogP contribution in [0.3, 0.4) is 0 Å². The average Bonchev–Trinajstić information content (AvgIpc) is 1.72. The van der Waals surface area contributed by atoms with Gasteiger partial charge in [0.05, 0.1) is 0 Å². The van der Waals surface area contributed by atoms with Gasteiger partial charge in [-0.3, -0.25) is 13.6 Å². The summed E-state index contributed by atoms with van der Waals surface area (Å²) < 4.78 is 0. The van der Waals surface area contributed by atoms with Gasteiger partial charge in [-0.05, 0) is 0 Å². The van der Waals surface area contributed by atoms with E-state index in [1.165, 1.54) is 0 Å². The smallest absolute Gasteiger partial charge is 0.894 e. The van der Waals surface area contributed by atoms with Crippen LogP contribution in [0.25, 0.3) is 0 Å². The second-order valence-corrected chi connectivity index (χ2v) is 1.50. The third-order valence-electron chi connectivity index (χ3n) is 0. The van der Waals surface area contributed by atoms with Crippen molar-refractivity contribution in [3.8, 4) is 0 Å². The van der Waals surface area contributed by atoms with E-state index in [9.17, 15) is 0 Å². The van der Waals surface area contributed by atoms with E-state index < -0.39 is 9.05 Å². The van der Waals surface area contributed by atoms with Crippen LogP contribution >= 0.6 is 0 Å². The van der Waals surface area contributed by atoms with Gasteiger partial charge in [0.25, 0.3) is 0 Å². The molecule has 0 fully saturated rings. The predicted molar refractivity (Wildman–Crippen MR) is 19.3 cm³/mol. The van der Waals surface area contributed by atoms with Crippen molar-refractivity contribution in [1.82, 2.24) is 0 Å². The summed E-state index contributed by atoms with van der Waals surface area (Å²) in [6.07, 6.45) is 0. The van der Waals surface area contributed by atoms with Crippen LogP contribution in [0.2, 0.25) is 0 Å². The van der Waals surface area contributed by atoms with Crippen molar-refractivity contribution in [3.63, 3.8) is 0 Å². The monoisotopic (exact) mass is 468 g/mol. The number of hydrogen-bond acceptors (Lipinski definition) is 6. The first-order valence-electron chi connectivity index (χ1n) is 1.29. The molecular weight excluding hydrogens is 466 g/mol. The molecule has 0 amide bonds. The first-order valence-corrected chi connectivity index (χ1v) is 2.92. The minimum atomic E-state index is -5.61. The Morgan fingerprint density at radius 3 is 0.727 bits per heavy atom. The molecule has 0 heterocycles. The van der Waals surface area contributed by atoms with Gasteiger partial charge in [-0.1, -0.05) is 0 Å². The molecule has 0 saturated carbocycles. The zero-order chi connectivity index (χ0) is 8.50. The van der Waals surface area contributed by atoms with E-state index in [0.717, 1.165) is 0 Å². The van der Waals surface area contributed by atoms with Crippen LogP contribution in [0.5, 0.6) is 0 Å². The molecule has 0 rings (SSSR count). The van der Waals surface area contributed by atoms with Crippen molar-refractivity contribution in [3.05, 3.63) is 0 Å². The Bertz CT molecular complexity index is 49.0. The molecule has 0 aromatic rings. The Morgan fingerprint density at radius 1 is 0.727 bits per heavy atom. The maximum absolute atomic E-state index is 8.58. The summed E-state index contributed by atoms with van der Waals surface area (Å²) in [5.74, 6) is 0. The fourth-order valence-corrected chi connectivity index (χ4v) is 0. The van der Waals surface area contributed by atoms with Gasteiger partial charge in [0.1, 0.15) is 0 Å². The van der Waals surface area contributed by atoms with E-state index in [0.29, 0.717) is 0 Å². The molecule has 0 spiro atoms. The van der Waals surface area contributed by atoms with Crippen LogP contribution in [0.15, 0.2) is 0 Å². The average molecular weight is 468 g/mol. The van der Waals surface area contributed by atoms with Gasteiger partial charge >= 0.3 is 77.2 Å². The second-order valence-electron chi connectivity index (χ2n) is 0.500. The molecule has 0 aromatic heterocycles. The molecule has 0 bridgehead atoms. The van der Waals surface area contributed by atoms with E-state index in [1.807, 2.05) is 0 Å². The molecule has 0 radical (unpaired) electrons. The van der Waals surface area contributed by atoms with Crippen molar-refractivity contribution in [2.45, 2.75) is 0 Å². The normalized spacial score (nSPS) is 6.18. The molecule has 0 aliphatic rings. The summed E-state index contributed by atoms with van der Waals surface area (Å²) in [7, 11) is -5.61. The molecule has 0 atom stereocenters. The Hall–Kier alpha value is 1.97. The molecule has 0 N–H and O–H groups in total. The summed E-state index contributed by atoms with van der Waals surface area (Å²) in [6, 6.07) is 0. The van der Waals surface area contributed by atoms with Crippen molar-refractivity contribution >= 4 is 22.6 Å². The minimum absolute atomic E-state index is 0. The van der Waals surface area contributed by atoms with Gasteiger partial charge in [0, 0.05) is 0 Å². The van der Waals surface area contributed by atoms with Gasteiger partial charge < -0.3 is 37.8 Å². The van der Waals surface area contributed by atoms with Crippen LogP contribution in [-0.4, -0.2) is 22.6 Å². The molecule has 6 nitrogen and oxygen atoms in total. The number of rotatable bonds is 0. The van der Waals surface area contributed by atoms with E-state index in [1.54, 1.807) is 0 Å². The molecule has 0 aliphatic carbocycles. The summed E-state index contributed by atoms with van der Waals surface area (Å²) in [6.45, 7) is 6.50. The SMILES string of the molecule is [CH-]=O.[CH-]=O.[O-][Si]([O-])([O-])[O-].[Tb+3].[Tb+3]. The third kappa shape index (κ3) is 307. The van der Waals surface area contributed by atoms with Gasteiger partial charge in [-0.15, -0.1) is 0 Å². The van der Waals surface area contributed by atoms with Crippen LogP contribution in [0, 0.1) is 77.2 Å². The van der Waals surface area contributed by atoms with E-state index in [-0.39, 0.29) is 77.2 Å². The van der Waals surface area contributed by atoms with Crippen molar-refractivity contribution in [2.24, 2.45) is 0 Å². The van der Waals surface area contributed by atoms with E-state index >= 15 is 0 Å². The van der Waals surface area contributed by atoms with E-state index in [2.05, 4.69) is 13.6 Å². The Kier molecular flexibility index (Phi) is 60.3. The zero-order valence-corrected chi connectivity index (χ0v) is 10.0. The van der Waals surface area contributed by atoms with E-state index in [4.69, 9.17) is 28.8 Å². The molecular formula is C2H2O6SiTb2. The molecule has 0 saturated heterocycles. The van der Waals surface area contributed by atoms with Crippen LogP contribution in [0.1, 0.15) is 0 Å². The maximum atomic E-state index is 8.58. The number of hydrogen-bond donors (Lipinski definition) is 0. The number of carbonyl (C=O) groups excluding carboxylic acids is 2. The van der Waals surface area contributed by atoms with Gasteiger partial charge in [0.15, 0.2) is 0 Å². The molecule has 0 unspecified atom stereocenters. The largest absolute Gasteiger partial charge is 3.00 e. The van der Waals surface area contributed by atoms with Crippen molar-refractivity contribution < 1.29 is 106 Å². The van der Waals surface area contributed by atoms with Crippen LogP contribution in [-0.2, 0) is 9.59 Å². The predicted octanol–water partition coefficient (Wildman–Crippen LogP) is -5.68. The van der Waals surface area contributed by atoms with Gasteiger partial charge in [-0.25, -0.2) is 0 Å². The third-order valence-corrected chi connectivity index (χ3v) is 0. The summed E-state index contributed by atoms with van der Waals surface area (Å²) >= 11 is 0. The van der Waals surface area contributed by atoms with Gasteiger partial charge in [0.2, 0.25) is 0 Å². The molecule has 0 aliphatic heterocycles. The Morgan fingerprint density at radius 2 is 0.727 bits per heavy atom. The van der Waals surface area contributed by atoms with Crippen molar-refractivity contribution in [2.75, 3.05) is 0 Å². The van der Waals surface area contributed by atoms with Crippen LogP contribution < -0.4 is 19.2 Å². The fourth-order valence-electron chi connectivity index (χ4n) is 0. The van der Waals surface area contributed by atoms with Crippen molar-refractivity contribution in [1.29, 1.82) is 0 Å². The first kappa shape index (κ1) is 29.3.